The summed E-state index contributed by atoms with van der Waals surface area (Å²) >= 11 is 0. The van der Waals surface area contributed by atoms with Crippen LogP contribution in [0.2, 0.25) is 0 Å². The van der Waals surface area contributed by atoms with Gasteiger partial charge < -0.3 is 9.47 Å². The zero-order valence-corrected chi connectivity index (χ0v) is 17.9. The molecule has 26 heavy (non-hydrogen) atoms. The van der Waals surface area contributed by atoms with Crippen LogP contribution in [0.25, 0.3) is 0 Å². The molecule has 0 atom stereocenters. The first-order chi connectivity index (χ1) is 11.9. The molecule has 0 aliphatic heterocycles. The summed E-state index contributed by atoms with van der Waals surface area (Å²) in [6, 6.07) is 0. The van der Waals surface area contributed by atoms with E-state index in [1.54, 1.807) is 0 Å². The maximum absolute atomic E-state index is 11.7. The monoisotopic (exact) mass is 370 g/mol. The van der Waals surface area contributed by atoms with Crippen molar-refractivity contribution >= 4 is 11.9 Å². The molecule has 6 heteroatoms. The summed E-state index contributed by atoms with van der Waals surface area (Å²) in [5.41, 5.74) is 0.0560. The average molecular weight is 371 g/mol. The number of hydrogen-bond donors (Lipinski definition) is 0. The molecular formula is C20H38N2O4. The van der Waals surface area contributed by atoms with E-state index in [1.165, 1.54) is 0 Å². The van der Waals surface area contributed by atoms with E-state index in [0.29, 0.717) is 26.3 Å². The lowest BCUT2D eigenvalue weighted by atomic mass is 10.1. The summed E-state index contributed by atoms with van der Waals surface area (Å²) in [6.45, 7) is 20.5. The van der Waals surface area contributed by atoms with Gasteiger partial charge in [0.25, 0.3) is 0 Å². The lowest BCUT2D eigenvalue weighted by molar-refractivity contribution is -0.141. The number of carbonyl (C=O) groups is 2. The molecule has 0 bridgehead atoms. The molecule has 6 nitrogen and oxygen atoms in total. The van der Waals surface area contributed by atoms with Crippen LogP contribution >= 0.6 is 0 Å². The van der Waals surface area contributed by atoms with Gasteiger partial charge in [0.2, 0.25) is 0 Å². The van der Waals surface area contributed by atoms with Gasteiger partial charge in [0.1, 0.15) is 13.2 Å². The highest BCUT2D eigenvalue weighted by Crippen LogP contribution is 2.12. The molecule has 0 amide bonds. The minimum absolute atomic E-state index is 0.0280. The number of ether oxygens (including phenoxy) is 2. The highest BCUT2D eigenvalue weighted by Gasteiger charge is 2.20. The van der Waals surface area contributed by atoms with Gasteiger partial charge in [-0.1, -0.05) is 13.8 Å². The van der Waals surface area contributed by atoms with Crippen molar-refractivity contribution in [1.82, 2.24) is 9.80 Å². The fraction of sp³-hybridized carbons (Fsp3) is 0.800. The summed E-state index contributed by atoms with van der Waals surface area (Å²) in [6.07, 6.45) is 2.24. The van der Waals surface area contributed by atoms with Crippen molar-refractivity contribution in [1.29, 1.82) is 0 Å². The predicted octanol–water partition coefficient (Wildman–Crippen LogP) is 2.87. The smallest absolute Gasteiger partial charge is 0.331 e. The van der Waals surface area contributed by atoms with Crippen LogP contribution in [-0.2, 0) is 19.1 Å². The fourth-order valence-electron chi connectivity index (χ4n) is 2.68. The van der Waals surface area contributed by atoms with Crippen LogP contribution in [0.4, 0.5) is 0 Å². The van der Waals surface area contributed by atoms with E-state index in [2.05, 4.69) is 65.2 Å². The van der Waals surface area contributed by atoms with Crippen LogP contribution < -0.4 is 0 Å². The van der Waals surface area contributed by atoms with Crippen LogP contribution in [0.15, 0.2) is 12.2 Å². The lowest BCUT2D eigenvalue weighted by Crippen LogP contribution is -2.43. The standard InChI is InChI=1S/C20H38N2O4/c1-9-21(19(3,4)5)13-15-25-17(23)11-12-18(24)26-16-14-22(10-2)20(6,7)8/h11-12H,9-10,13-16H2,1-8H3/b12-11-. The average Bonchev–Trinajstić information content (AvgIpc) is 2.51. The third kappa shape index (κ3) is 10.6. The largest absolute Gasteiger partial charge is 0.461 e. The van der Waals surface area contributed by atoms with Gasteiger partial charge in [0, 0.05) is 36.3 Å². The van der Waals surface area contributed by atoms with Crippen molar-refractivity contribution in [2.24, 2.45) is 0 Å². The number of esters is 2. The topological polar surface area (TPSA) is 59.1 Å². The van der Waals surface area contributed by atoms with Gasteiger partial charge in [0.05, 0.1) is 0 Å². The Morgan fingerprint density at radius 2 is 1.04 bits per heavy atom. The van der Waals surface area contributed by atoms with Crippen LogP contribution in [0.5, 0.6) is 0 Å². The molecule has 0 aliphatic rings. The quantitative estimate of drug-likeness (QED) is 0.435. The fourth-order valence-corrected chi connectivity index (χ4v) is 2.68. The van der Waals surface area contributed by atoms with Gasteiger partial charge >= 0.3 is 11.9 Å². The SMILES string of the molecule is CCN(CCOC(=O)/C=C\C(=O)OCCN(CC)C(C)(C)C)C(C)(C)C. The molecule has 0 spiro atoms. The molecular weight excluding hydrogens is 332 g/mol. The van der Waals surface area contributed by atoms with E-state index in [9.17, 15) is 9.59 Å². The second-order valence-corrected chi connectivity index (χ2v) is 8.17. The molecule has 0 aromatic rings. The summed E-state index contributed by atoms with van der Waals surface area (Å²) in [5.74, 6) is -1.06. The molecule has 0 aliphatic carbocycles. The first-order valence-corrected chi connectivity index (χ1v) is 9.43. The van der Waals surface area contributed by atoms with E-state index < -0.39 is 11.9 Å². The Kier molecular flexibility index (Phi) is 10.7. The Morgan fingerprint density at radius 3 is 1.27 bits per heavy atom. The number of carbonyl (C=O) groups excluding carboxylic acids is 2. The number of rotatable bonds is 10. The number of hydrogen-bond acceptors (Lipinski definition) is 6. The lowest BCUT2D eigenvalue weighted by Gasteiger charge is -2.34. The van der Waals surface area contributed by atoms with Crippen molar-refractivity contribution in [3.63, 3.8) is 0 Å². The minimum atomic E-state index is -0.531. The summed E-state index contributed by atoms with van der Waals surface area (Å²) in [7, 11) is 0. The molecule has 0 N–H and O–H groups in total. The van der Waals surface area contributed by atoms with Crippen molar-refractivity contribution in [3.8, 4) is 0 Å². The van der Waals surface area contributed by atoms with Crippen LogP contribution in [-0.4, -0.2) is 72.2 Å². The van der Waals surface area contributed by atoms with Gasteiger partial charge in [-0.3, -0.25) is 9.80 Å². The molecule has 0 aromatic carbocycles. The van der Waals surface area contributed by atoms with E-state index >= 15 is 0 Å². The molecule has 0 fully saturated rings. The Balaban J connectivity index is 4.15. The maximum Gasteiger partial charge on any atom is 0.331 e. The molecule has 0 unspecified atom stereocenters. The Bertz CT molecular complexity index is 419. The predicted molar refractivity (Wildman–Crippen MR) is 105 cm³/mol. The second-order valence-electron chi connectivity index (χ2n) is 8.17. The van der Waals surface area contributed by atoms with E-state index in [-0.39, 0.29) is 11.1 Å². The second kappa shape index (κ2) is 11.3. The molecule has 0 heterocycles. The molecule has 0 aromatic heterocycles. The molecule has 152 valence electrons. The van der Waals surface area contributed by atoms with Gasteiger partial charge in [-0.05, 0) is 54.6 Å². The van der Waals surface area contributed by atoms with Gasteiger partial charge in [-0.2, -0.15) is 0 Å². The van der Waals surface area contributed by atoms with Crippen LogP contribution in [0.3, 0.4) is 0 Å². The summed E-state index contributed by atoms with van der Waals surface area (Å²) in [5, 5.41) is 0. The third-order valence-corrected chi connectivity index (χ3v) is 4.23. The normalized spacial score (nSPS) is 12.8. The zero-order valence-electron chi connectivity index (χ0n) is 17.9. The van der Waals surface area contributed by atoms with Crippen LogP contribution in [0, 0.1) is 0 Å². The molecule has 0 saturated heterocycles. The third-order valence-electron chi connectivity index (χ3n) is 4.23. The highest BCUT2D eigenvalue weighted by molar-refractivity contribution is 5.91. The van der Waals surface area contributed by atoms with Gasteiger partial charge in [0.15, 0.2) is 0 Å². The number of nitrogens with zero attached hydrogens (tertiary/aromatic N) is 2. The van der Waals surface area contributed by atoms with E-state index in [4.69, 9.17) is 9.47 Å². The first kappa shape index (κ1) is 24.6. The molecule has 0 rings (SSSR count). The Labute approximate surface area is 159 Å². The van der Waals surface area contributed by atoms with Crippen LogP contribution in [0.1, 0.15) is 55.4 Å². The van der Waals surface area contributed by atoms with Crippen molar-refractivity contribution in [2.45, 2.75) is 66.5 Å². The maximum atomic E-state index is 11.7. The Hall–Kier alpha value is -1.40. The zero-order chi connectivity index (χ0) is 20.4. The van der Waals surface area contributed by atoms with Gasteiger partial charge in [-0.25, -0.2) is 9.59 Å². The van der Waals surface area contributed by atoms with Gasteiger partial charge in [-0.15, -0.1) is 0 Å². The Morgan fingerprint density at radius 1 is 0.731 bits per heavy atom. The van der Waals surface area contributed by atoms with Crippen molar-refractivity contribution < 1.29 is 19.1 Å². The van der Waals surface area contributed by atoms with Crippen molar-refractivity contribution in [2.75, 3.05) is 39.4 Å². The molecule has 0 saturated carbocycles. The van der Waals surface area contributed by atoms with E-state index in [1.807, 2.05) is 0 Å². The highest BCUT2D eigenvalue weighted by atomic mass is 16.5. The first-order valence-electron chi connectivity index (χ1n) is 9.43. The number of likely N-dealkylation sites (N-methyl/N-ethyl adjacent to an activating group) is 2. The molecule has 0 radical (unpaired) electrons. The van der Waals surface area contributed by atoms with E-state index in [0.717, 1.165) is 25.2 Å². The minimum Gasteiger partial charge on any atom is -0.461 e. The summed E-state index contributed by atoms with van der Waals surface area (Å²) < 4.78 is 10.3. The van der Waals surface area contributed by atoms with Crippen molar-refractivity contribution in [3.05, 3.63) is 12.2 Å². The summed E-state index contributed by atoms with van der Waals surface area (Å²) in [4.78, 5) is 27.8.